The smallest absolute Gasteiger partial charge is 0.247 e. The van der Waals surface area contributed by atoms with Gasteiger partial charge in [-0.25, -0.2) is 4.68 Å². The summed E-state index contributed by atoms with van der Waals surface area (Å²) in [6.45, 7) is 7.99. The van der Waals surface area contributed by atoms with Gasteiger partial charge in [0.15, 0.2) is 0 Å². The first kappa shape index (κ1) is 14.0. The number of hydrogen-bond donors (Lipinski definition) is 1. The molecule has 0 aromatic carbocycles. The predicted molar refractivity (Wildman–Crippen MR) is 69.3 cm³/mol. The molecule has 0 aliphatic carbocycles. The zero-order valence-corrected chi connectivity index (χ0v) is 11.7. The number of carbonyl (C=O) groups excluding carboxylic acids is 1. The van der Waals surface area contributed by atoms with Gasteiger partial charge >= 0.3 is 0 Å². The largest absolute Gasteiger partial charge is 0.378 e. The molecule has 1 aliphatic rings. The van der Waals surface area contributed by atoms with Crippen LogP contribution in [-0.4, -0.2) is 52.1 Å². The minimum absolute atomic E-state index is 0.0366. The highest BCUT2D eigenvalue weighted by atomic mass is 16.5. The van der Waals surface area contributed by atoms with E-state index in [4.69, 9.17) is 10.5 Å². The maximum absolute atomic E-state index is 12.3. The Morgan fingerprint density at radius 2 is 2.11 bits per heavy atom. The van der Waals surface area contributed by atoms with Crippen LogP contribution in [0, 0.1) is 0 Å². The summed E-state index contributed by atoms with van der Waals surface area (Å²) in [6, 6.07) is -0.373. The average Bonchev–Trinajstić information content (AvgIpc) is 2.87. The molecule has 1 aromatic heterocycles. The van der Waals surface area contributed by atoms with E-state index in [0.717, 1.165) is 0 Å². The normalized spacial score (nSPS) is 18.4. The topological polar surface area (TPSA) is 86.3 Å². The third-order valence-corrected chi connectivity index (χ3v) is 3.25. The molecule has 1 unspecified atom stereocenters. The second-order valence-electron chi connectivity index (χ2n) is 5.42. The number of morpholine rings is 1. The quantitative estimate of drug-likeness (QED) is 0.826. The summed E-state index contributed by atoms with van der Waals surface area (Å²) in [5.41, 5.74) is 6.08. The Hall–Kier alpha value is -1.47. The molecule has 0 bridgehead atoms. The van der Waals surface area contributed by atoms with Gasteiger partial charge in [-0.1, -0.05) is 5.21 Å². The molecule has 1 aromatic rings. The summed E-state index contributed by atoms with van der Waals surface area (Å²) in [7, 11) is 0. The third-order valence-electron chi connectivity index (χ3n) is 3.25. The van der Waals surface area contributed by atoms with E-state index in [2.05, 4.69) is 10.3 Å². The Balaban J connectivity index is 2.08. The molecular weight excluding hydrogens is 246 g/mol. The molecule has 0 saturated carbocycles. The molecule has 7 heteroatoms. The van der Waals surface area contributed by atoms with Crippen molar-refractivity contribution in [2.45, 2.75) is 32.4 Å². The second kappa shape index (κ2) is 5.26. The fourth-order valence-electron chi connectivity index (χ4n) is 1.92. The summed E-state index contributed by atoms with van der Waals surface area (Å²) >= 11 is 0. The van der Waals surface area contributed by atoms with Crippen molar-refractivity contribution in [1.29, 1.82) is 0 Å². The van der Waals surface area contributed by atoms with E-state index < -0.39 is 5.54 Å². The van der Waals surface area contributed by atoms with Crippen LogP contribution >= 0.6 is 0 Å². The van der Waals surface area contributed by atoms with Crippen molar-refractivity contribution in [1.82, 2.24) is 19.9 Å². The van der Waals surface area contributed by atoms with Gasteiger partial charge in [0.2, 0.25) is 5.91 Å². The molecule has 2 rings (SSSR count). The van der Waals surface area contributed by atoms with Crippen LogP contribution in [0.5, 0.6) is 0 Å². The predicted octanol–water partition coefficient (Wildman–Crippen LogP) is -0.108. The van der Waals surface area contributed by atoms with E-state index in [1.54, 1.807) is 15.8 Å². The standard InChI is InChI=1S/C12H21N5O2/c1-9(11(18)16-4-6-19-7-5-16)17-8-10(14-15-17)12(2,3)13/h8-9H,4-7,13H2,1-3H3. The highest BCUT2D eigenvalue weighted by molar-refractivity contribution is 5.80. The second-order valence-corrected chi connectivity index (χ2v) is 5.42. The molecule has 1 atom stereocenters. The monoisotopic (exact) mass is 267 g/mol. The number of carbonyl (C=O) groups is 1. The Morgan fingerprint density at radius 1 is 1.47 bits per heavy atom. The van der Waals surface area contributed by atoms with Gasteiger partial charge in [0.25, 0.3) is 0 Å². The summed E-state index contributed by atoms with van der Waals surface area (Å²) < 4.78 is 6.81. The molecule has 0 radical (unpaired) electrons. The van der Waals surface area contributed by atoms with Crippen LogP contribution in [0.15, 0.2) is 6.20 Å². The average molecular weight is 267 g/mol. The molecule has 1 saturated heterocycles. The SMILES string of the molecule is CC(C(=O)N1CCOCC1)n1cc(C(C)(C)N)nn1. The number of nitrogens with two attached hydrogens (primary N) is 1. The van der Waals surface area contributed by atoms with Gasteiger partial charge in [-0.05, 0) is 20.8 Å². The number of nitrogens with zero attached hydrogens (tertiary/aromatic N) is 4. The van der Waals surface area contributed by atoms with E-state index in [1.807, 2.05) is 20.8 Å². The molecule has 19 heavy (non-hydrogen) atoms. The Labute approximate surface area is 112 Å². The van der Waals surface area contributed by atoms with E-state index >= 15 is 0 Å². The van der Waals surface area contributed by atoms with Crippen LogP contribution in [0.2, 0.25) is 0 Å². The van der Waals surface area contributed by atoms with Gasteiger partial charge in [-0.2, -0.15) is 0 Å². The van der Waals surface area contributed by atoms with Crippen molar-refractivity contribution in [2.75, 3.05) is 26.3 Å². The third kappa shape index (κ3) is 3.10. The summed E-state index contributed by atoms with van der Waals surface area (Å²) in [5.74, 6) is 0.0366. The lowest BCUT2D eigenvalue weighted by atomic mass is 10.0. The van der Waals surface area contributed by atoms with Crippen molar-refractivity contribution in [3.05, 3.63) is 11.9 Å². The lowest BCUT2D eigenvalue weighted by Gasteiger charge is -2.29. The van der Waals surface area contributed by atoms with Crippen LogP contribution in [-0.2, 0) is 15.1 Å². The number of aromatic nitrogens is 3. The first-order chi connectivity index (χ1) is 8.89. The molecule has 1 fully saturated rings. The highest BCUT2D eigenvalue weighted by Crippen LogP contribution is 2.16. The Bertz CT molecular complexity index is 445. The van der Waals surface area contributed by atoms with E-state index in [9.17, 15) is 4.79 Å². The lowest BCUT2D eigenvalue weighted by molar-refractivity contribution is -0.138. The van der Waals surface area contributed by atoms with Gasteiger partial charge in [-0.15, -0.1) is 5.10 Å². The van der Waals surface area contributed by atoms with E-state index in [-0.39, 0.29) is 11.9 Å². The van der Waals surface area contributed by atoms with Gasteiger partial charge < -0.3 is 15.4 Å². The Morgan fingerprint density at radius 3 is 2.63 bits per heavy atom. The van der Waals surface area contributed by atoms with Crippen molar-refractivity contribution in [3.8, 4) is 0 Å². The van der Waals surface area contributed by atoms with Crippen LogP contribution in [0.4, 0.5) is 0 Å². The van der Waals surface area contributed by atoms with Crippen molar-refractivity contribution in [2.24, 2.45) is 5.73 Å². The summed E-state index contributed by atoms with van der Waals surface area (Å²) in [6.07, 6.45) is 1.74. The van der Waals surface area contributed by atoms with Crippen LogP contribution < -0.4 is 5.73 Å². The highest BCUT2D eigenvalue weighted by Gasteiger charge is 2.26. The van der Waals surface area contributed by atoms with Crippen LogP contribution in [0.3, 0.4) is 0 Å². The minimum Gasteiger partial charge on any atom is -0.378 e. The fraction of sp³-hybridized carbons (Fsp3) is 0.750. The molecule has 7 nitrogen and oxygen atoms in total. The van der Waals surface area contributed by atoms with Crippen LogP contribution in [0.1, 0.15) is 32.5 Å². The number of ether oxygens (including phenoxy) is 1. The molecule has 1 aliphatic heterocycles. The molecule has 2 heterocycles. The number of rotatable bonds is 3. The minimum atomic E-state index is -0.556. The molecule has 0 spiro atoms. The molecular formula is C12H21N5O2. The maximum atomic E-state index is 12.3. The van der Waals surface area contributed by atoms with Gasteiger partial charge in [0, 0.05) is 13.1 Å². The Kier molecular flexibility index (Phi) is 3.86. The van der Waals surface area contributed by atoms with Gasteiger partial charge in [-0.3, -0.25) is 4.79 Å². The zero-order chi connectivity index (χ0) is 14.0. The van der Waals surface area contributed by atoms with Crippen molar-refractivity contribution >= 4 is 5.91 Å². The van der Waals surface area contributed by atoms with Crippen LogP contribution in [0.25, 0.3) is 0 Å². The first-order valence-corrected chi connectivity index (χ1v) is 6.47. The lowest BCUT2D eigenvalue weighted by Crippen LogP contribution is -2.43. The zero-order valence-electron chi connectivity index (χ0n) is 11.7. The summed E-state index contributed by atoms with van der Waals surface area (Å²) in [4.78, 5) is 14.1. The van der Waals surface area contributed by atoms with Gasteiger partial charge in [0.1, 0.15) is 11.7 Å². The first-order valence-electron chi connectivity index (χ1n) is 6.47. The molecule has 1 amide bonds. The molecule has 106 valence electrons. The van der Waals surface area contributed by atoms with Crippen molar-refractivity contribution < 1.29 is 9.53 Å². The van der Waals surface area contributed by atoms with E-state index in [0.29, 0.717) is 32.0 Å². The van der Waals surface area contributed by atoms with Crippen molar-refractivity contribution in [3.63, 3.8) is 0 Å². The number of amides is 1. The van der Waals surface area contributed by atoms with Gasteiger partial charge in [0.05, 0.1) is 24.9 Å². The fourth-order valence-corrected chi connectivity index (χ4v) is 1.92. The van der Waals surface area contributed by atoms with E-state index in [1.165, 1.54) is 0 Å². The molecule has 2 N–H and O–H groups in total. The maximum Gasteiger partial charge on any atom is 0.247 e. The summed E-state index contributed by atoms with van der Waals surface area (Å²) in [5, 5.41) is 8.03. The number of hydrogen-bond acceptors (Lipinski definition) is 5.